The summed E-state index contributed by atoms with van der Waals surface area (Å²) in [6, 6.07) is 5.03. The Morgan fingerprint density at radius 3 is 2.67 bits per heavy atom. The maximum absolute atomic E-state index is 12.1. The molecule has 10 nitrogen and oxygen atoms in total. The summed E-state index contributed by atoms with van der Waals surface area (Å²) in [6.07, 6.45) is 3.27. The lowest BCUT2D eigenvalue weighted by atomic mass is 10.0. The zero-order valence-electron chi connectivity index (χ0n) is 17.5. The number of anilines is 2. The van der Waals surface area contributed by atoms with Crippen molar-refractivity contribution in [2.24, 2.45) is 0 Å². The summed E-state index contributed by atoms with van der Waals surface area (Å²) in [6.45, 7) is 3.78. The number of H-pyrrole nitrogens is 1. The van der Waals surface area contributed by atoms with Crippen LogP contribution in [-0.4, -0.2) is 60.2 Å². The van der Waals surface area contributed by atoms with Gasteiger partial charge in [-0.15, -0.1) is 0 Å². The quantitative estimate of drug-likeness (QED) is 0.608. The van der Waals surface area contributed by atoms with Crippen LogP contribution in [0.1, 0.15) is 44.7 Å². The molecule has 1 amide bonds. The van der Waals surface area contributed by atoms with Crippen LogP contribution in [0.25, 0.3) is 0 Å². The molecule has 2 aromatic rings. The molecule has 3 N–H and O–H groups in total. The second-order valence-corrected chi connectivity index (χ2v) is 9.99. The van der Waals surface area contributed by atoms with Crippen molar-refractivity contribution >= 4 is 27.8 Å². The second-order valence-electron chi connectivity index (χ2n) is 7.84. The van der Waals surface area contributed by atoms with Crippen molar-refractivity contribution in [3.63, 3.8) is 0 Å². The molecule has 1 fully saturated rings. The zero-order valence-corrected chi connectivity index (χ0v) is 18.4. The first-order chi connectivity index (χ1) is 14.1. The fourth-order valence-electron chi connectivity index (χ4n) is 3.31. The first kappa shape index (κ1) is 22.0. The van der Waals surface area contributed by atoms with Crippen LogP contribution in [0.15, 0.2) is 29.3 Å². The van der Waals surface area contributed by atoms with E-state index in [1.807, 2.05) is 19.9 Å². The number of carbonyl (C=O) groups is 1. The van der Waals surface area contributed by atoms with E-state index in [0.717, 1.165) is 29.3 Å². The molecule has 2 atom stereocenters. The molecule has 0 radical (unpaired) electrons. The summed E-state index contributed by atoms with van der Waals surface area (Å²) in [5.41, 5.74) is 0.958. The molecule has 2 aromatic heterocycles. The van der Waals surface area contributed by atoms with E-state index in [1.165, 1.54) is 26.4 Å². The first-order valence-corrected chi connectivity index (χ1v) is 11.3. The fraction of sp³-hybridized carbons (Fsp3) is 0.526. The van der Waals surface area contributed by atoms with Crippen LogP contribution in [0.5, 0.6) is 0 Å². The number of rotatable bonds is 7. The molecule has 2 heterocycles. The maximum Gasteiger partial charge on any atom is 0.407 e. The third-order valence-corrected chi connectivity index (χ3v) is 6.67. The normalized spacial score (nSPS) is 19.3. The van der Waals surface area contributed by atoms with Gasteiger partial charge in [0.15, 0.2) is 5.82 Å². The monoisotopic (exact) mass is 436 g/mol. The van der Waals surface area contributed by atoms with Crippen LogP contribution in [0.2, 0.25) is 0 Å². The molecule has 2 unspecified atom stereocenters. The van der Waals surface area contributed by atoms with Crippen molar-refractivity contribution in [3.05, 3.63) is 30.1 Å². The predicted molar refractivity (Wildman–Crippen MR) is 112 cm³/mol. The Labute approximate surface area is 176 Å². The molecule has 0 saturated heterocycles. The van der Waals surface area contributed by atoms with Crippen LogP contribution in [0.4, 0.5) is 16.4 Å². The number of aromatic amines is 1. The number of hydrogen-bond donors (Lipinski definition) is 3. The summed E-state index contributed by atoms with van der Waals surface area (Å²) in [4.78, 5) is 16.1. The molecular weight excluding hydrogens is 408 g/mol. The highest BCUT2D eigenvalue weighted by Gasteiger charge is 2.30. The van der Waals surface area contributed by atoms with Crippen LogP contribution in [-0.2, 0) is 14.8 Å². The summed E-state index contributed by atoms with van der Waals surface area (Å²) >= 11 is 0. The highest BCUT2D eigenvalue weighted by Crippen LogP contribution is 2.36. The molecule has 11 heteroatoms. The Balaban J connectivity index is 1.57. The Hall–Kier alpha value is -2.66. The van der Waals surface area contributed by atoms with Crippen molar-refractivity contribution in [2.45, 2.75) is 56.1 Å². The minimum atomic E-state index is -3.51. The average molecular weight is 437 g/mol. The van der Waals surface area contributed by atoms with Crippen molar-refractivity contribution in [1.29, 1.82) is 0 Å². The minimum Gasteiger partial charge on any atom is -0.446 e. The van der Waals surface area contributed by atoms with Gasteiger partial charge in [0.1, 0.15) is 16.8 Å². The van der Waals surface area contributed by atoms with Crippen molar-refractivity contribution < 1.29 is 17.9 Å². The van der Waals surface area contributed by atoms with Gasteiger partial charge in [0.2, 0.25) is 10.0 Å². The lowest BCUT2D eigenvalue weighted by Crippen LogP contribution is -2.33. The summed E-state index contributed by atoms with van der Waals surface area (Å²) in [5.74, 6) is 1.30. The number of amides is 1. The summed E-state index contributed by atoms with van der Waals surface area (Å²) in [7, 11) is -0.565. The number of ether oxygens (including phenoxy) is 1. The van der Waals surface area contributed by atoms with Crippen molar-refractivity contribution in [3.8, 4) is 0 Å². The van der Waals surface area contributed by atoms with E-state index in [-0.39, 0.29) is 29.1 Å². The van der Waals surface area contributed by atoms with E-state index >= 15 is 0 Å². The van der Waals surface area contributed by atoms with E-state index in [4.69, 9.17) is 4.74 Å². The third-order valence-electron chi connectivity index (χ3n) is 4.87. The van der Waals surface area contributed by atoms with Gasteiger partial charge in [0.25, 0.3) is 0 Å². The van der Waals surface area contributed by atoms with E-state index in [9.17, 15) is 13.2 Å². The summed E-state index contributed by atoms with van der Waals surface area (Å²) in [5, 5.41) is 13.1. The van der Waals surface area contributed by atoms with Gasteiger partial charge in [0.05, 0.1) is 0 Å². The van der Waals surface area contributed by atoms with Crippen molar-refractivity contribution in [1.82, 2.24) is 24.8 Å². The number of aromatic nitrogens is 3. The number of hydrogen-bond acceptors (Lipinski definition) is 7. The van der Waals surface area contributed by atoms with E-state index in [1.54, 1.807) is 6.07 Å². The first-order valence-electron chi connectivity index (χ1n) is 9.83. The van der Waals surface area contributed by atoms with Crippen molar-refractivity contribution in [2.75, 3.05) is 19.4 Å². The molecule has 30 heavy (non-hydrogen) atoms. The predicted octanol–water partition coefficient (Wildman–Crippen LogP) is 2.57. The van der Waals surface area contributed by atoms with Gasteiger partial charge < -0.3 is 15.4 Å². The Morgan fingerprint density at radius 1 is 1.27 bits per heavy atom. The maximum atomic E-state index is 12.1. The molecule has 3 rings (SSSR count). The van der Waals surface area contributed by atoms with Crippen LogP contribution >= 0.6 is 0 Å². The smallest absolute Gasteiger partial charge is 0.407 e. The van der Waals surface area contributed by atoms with Gasteiger partial charge >= 0.3 is 6.09 Å². The van der Waals surface area contributed by atoms with Crippen LogP contribution in [0.3, 0.4) is 0 Å². The standard InChI is InChI=1S/C19H28N6O4S/c1-12(2)21-19(26)29-14-6-5-13(9-14)16-10-18(24-23-16)22-17-8-7-15(11-20-17)30(27,28)25(3)4/h7-8,10-14H,5-6,9H2,1-4H3,(H,21,26)(H2,20,22,23,24). The van der Waals surface area contributed by atoms with E-state index < -0.39 is 10.0 Å². The second kappa shape index (κ2) is 9.00. The zero-order chi connectivity index (χ0) is 21.9. The number of carbonyl (C=O) groups excluding carboxylic acids is 1. The molecule has 0 aliphatic heterocycles. The number of nitrogens with zero attached hydrogens (tertiary/aromatic N) is 3. The highest BCUT2D eigenvalue weighted by molar-refractivity contribution is 7.89. The topological polar surface area (TPSA) is 129 Å². The molecule has 0 aromatic carbocycles. The van der Waals surface area contributed by atoms with Crippen LogP contribution < -0.4 is 10.6 Å². The van der Waals surface area contributed by atoms with Gasteiger partial charge in [0, 0.05) is 44.0 Å². The SMILES string of the molecule is CC(C)NC(=O)OC1CCC(c2cc(Nc3ccc(S(=O)(=O)N(C)C)cn3)n[nH]2)C1. The number of alkyl carbamates (subject to hydrolysis) is 1. The number of pyridine rings is 1. The average Bonchev–Trinajstić information content (AvgIpc) is 3.30. The molecule has 1 saturated carbocycles. The van der Waals surface area contributed by atoms with Gasteiger partial charge in [-0.1, -0.05) is 0 Å². The third kappa shape index (κ3) is 5.28. The molecule has 0 spiro atoms. The van der Waals surface area contributed by atoms with Gasteiger partial charge in [-0.25, -0.2) is 22.5 Å². The fourth-order valence-corrected chi connectivity index (χ4v) is 4.16. The minimum absolute atomic E-state index is 0.0432. The highest BCUT2D eigenvalue weighted by atomic mass is 32.2. The lowest BCUT2D eigenvalue weighted by Gasteiger charge is -2.14. The van der Waals surface area contributed by atoms with Gasteiger partial charge in [-0.05, 0) is 45.2 Å². The molecule has 1 aliphatic rings. The Kier molecular flexibility index (Phi) is 6.61. The van der Waals surface area contributed by atoms with E-state index in [0.29, 0.717) is 11.6 Å². The molecule has 0 bridgehead atoms. The van der Waals surface area contributed by atoms with E-state index in [2.05, 4.69) is 25.8 Å². The lowest BCUT2D eigenvalue weighted by molar-refractivity contribution is 0.0981. The molecular formula is C19H28N6O4S. The Morgan fingerprint density at radius 2 is 2.03 bits per heavy atom. The molecule has 1 aliphatic carbocycles. The largest absolute Gasteiger partial charge is 0.446 e. The number of sulfonamides is 1. The summed E-state index contributed by atoms with van der Waals surface area (Å²) < 4.78 is 30.8. The van der Waals surface area contributed by atoms with Crippen LogP contribution in [0, 0.1) is 0 Å². The number of nitrogens with one attached hydrogen (secondary N) is 3. The van der Waals surface area contributed by atoms with Gasteiger partial charge in [-0.2, -0.15) is 5.10 Å². The Bertz CT molecular complexity index is 971. The van der Waals surface area contributed by atoms with Gasteiger partial charge in [-0.3, -0.25) is 5.10 Å². The molecule has 164 valence electrons.